The van der Waals surface area contributed by atoms with Crippen LogP contribution in [0.3, 0.4) is 0 Å². The lowest BCUT2D eigenvalue weighted by Crippen LogP contribution is -2.70. The highest BCUT2D eigenvalue weighted by molar-refractivity contribution is 5.81. The molecule has 0 bridgehead atoms. The third kappa shape index (κ3) is 2.55. The van der Waals surface area contributed by atoms with Crippen LogP contribution in [0.5, 0.6) is 0 Å². The summed E-state index contributed by atoms with van der Waals surface area (Å²) < 4.78 is 0. The van der Waals surface area contributed by atoms with Gasteiger partial charge in [0.2, 0.25) is 5.91 Å². The van der Waals surface area contributed by atoms with Crippen LogP contribution in [0.25, 0.3) is 0 Å². The Morgan fingerprint density at radius 2 is 1.88 bits per heavy atom. The van der Waals surface area contributed by atoms with Crippen LogP contribution in [0.15, 0.2) is 0 Å². The lowest BCUT2D eigenvalue weighted by Gasteiger charge is -2.50. The Labute approximate surface area is 98.8 Å². The van der Waals surface area contributed by atoms with Crippen molar-refractivity contribution in [2.24, 2.45) is 5.73 Å². The Kier molecular flexibility index (Phi) is 4.33. The van der Waals surface area contributed by atoms with Crippen LogP contribution in [-0.4, -0.2) is 53.5 Å². The quantitative estimate of drug-likeness (QED) is 0.751. The van der Waals surface area contributed by atoms with Crippen molar-refractivity contribution in [2.45, 2.75) is 45.7 Å². The molecule has 0 saturated carbocycles. The first-order valence-corrected chi connectivity index (χ1v) is 6.29. The first-order valence-electron chi connectivity index (χ1n) is 6.29. The molecule has 2 N–H and O–H groups in total. The maximum Gasteiger partial charge on any atom is 0.239 e. The zero-order valence-electron chi connectivity index (χ0n) is 11.0. The highest BCUT2D eigenvalue weighted by atomic mass is 16.2. The Morgan fingerprint density at radius 3 is 2.25 bits per heavy atom. The Bertz CT molecular complexity index is 245. The molecule has 0 aromatic carbocycles. The molecular formula is C12H25N3O. The van der Waals surface area contributed by atoms with E-state index in [1.165, 1.54) is 0 Å². The summed E-state index contributed by atoms with van der Waals surface area (Å²) in [4.78, 5) is 16.1. The molecule has 1 aliphatic rings. The lowest BCUT2D eigenvalue weighted by molar-refractivity contribution is -0.139. The van der Waals surface area contributed by atoms with Crippen LogP contribution < -0.4 is 5.73 Å². The molecule has 1 saturated heterocycles. The third-order valence-electron chi connectivity index (χ3n) is 3.72. The van der Waals surface area contributed by atoms with Gasteiger partial charge in [-0.15, -0.1) is 0 Å². The van der Waals surface area contributed by atoms with Crippen molar-refractivity contribution in [3.63, 3.8) is 0 Å². The van der Waals surface area contributed by atoms with E-state index < -0.39 is 0 Å². The molecule has 1 unspecified atom stereocenters. The van der Waals surface area contributed by atoms with Gasteiger partial charge in [0.15, 0.2) is 0 Å². The molecular weight excluding hydrogens is 202 g/mol. The third-order valence-corrected chi connectivity index (χ3v) is 3.72. The van der Waals surface area contributed by atoms with E-state index in [1.807, 2.05) is 25.7 Å². The van der Waals surface area contributed by atoms with Gasteiger partial charge in [-0.2, -0.15) is 0 Å². The summed E-state index contributed by atoms with van der Waals surface area (Å²) >= 11 is 0. The van der Waals surface area contributed by atoms with Crippen LogP contribution in [0.1, 0.15) is 34.1 Å². The number of rotatable bonds is 5. The fourth-order valence-corrected chi connectivity index (χ4v) is 2.22. The van der Waals surface area contributed by atoms with Crippen molar-refractivity contribution in [1.82, 2.24) is 9.80 Å². The number of carbonyl (C=O) groups is 1. The minimum atomic E-state index is -0.0577. The van der Waals surface area contributed by atoms with Gasteiger partial charge >= 0.3 is 0 Å². The van der Waals surface area contributed by atoms with Crippen LogP contribution in [0, 0.1) is 0 Å². The normalized spacial score (nSPS) is 21.3. The second-order valence-electron chi connectivity index (χ2n) is 4.81. The van der Waals surface area contributed by atoms with Gasteiger partial charge < -0.3 is 10.6 Å². The highest BCUT2D eigenvalue weighted by Gasteiger charge is 2.42. The molecule has 0 aliphatic carbocycles. The number of amides is 1. The molecule has 4 nitrogen and oxygen atoms in total. The summed E-state index contributed by atoms with van der Waals surface area (Å²) in [5.41, 5.74) is 6.05. The van der Waals surface area contributed by atoms with Crippen molar-refractivity contribution in [1.29, 1.82) is 0 Å². The van der Waals surface area contributed by atoms with Gasteiger partial charge in [-0.25, -0.2) is 0 Å². The summed E-state index contributed by atoms with van der Waals surface area (Å²) in [6.45, 7) is 11.4. The first kappa shape index (κ1) is 13.5. The molecule has 0 aromatic heterocycles. The largest absolute Gasteiger partial charge is 0.342 e. The van der Waals surface area contributed by atoms with E-state index in [2.05, 4.69) is 11.8 Å². The molecule has 16 heavy (non-hydrogen) atoms. The number of nitrogens with zero attached hydrogens (tertiary/aromatic N) is 2. The number of likely N-dealkylation sites (N-methyl/N-ethyl adjacent to an activating group) is 1. The van der Waals surface area contributed by atoms with Gasteiger partial charge in [0.25, 0.3) is 0 Å². The van der Waals surface area contributed by atoms with Gasteiger partial charge in [0.05, 0.1) is 6.04 Å². The number of likely N-dealkylation sites (tertiary alicyclic amines) is 1. The lowest BCUT2D eigenvalue weighted by atomic mass is 9.87. The van der Waals surface area contributed by atoms with Crippen molar-refractivity contribution >= 4 is 5.91 Å². The van der Waals surface area contributed by atoms with E-state index in [0.29, 0.717) is 0 Å². The van der Waals surface area contributed by atoms with E-state index >= 15 is 0 Å². The molecule has 94 valence electrons. The van der Waals surface area contributed by atoms with Gasteiger partial charge in [-0.05, 0) is 27.2 Å². The summed E-state index contributed by atoms with van der Waals surface area (Å²) in [5.74, 6) is 0.225. The van der Waals surface area contributed by atoms with Gasteiger partial charge in [-0.3, -0.25) is 9.69 Å². The van der Waals surface area contributed by atoms with Crippen LogP contribution in [0.4, 0.5) is 0 Å². The Morgan fingerprint density at radius 1 is 1.38 bits per heavy atom. The molecule has 0 spiro atoms. The monoisotopic (exact) mass is 227 g/mol. The standard InChI is InChI=1S/C12H25N3O/c1-5-12(13)8-15(9-12)10(4)11(16)14(6-2)7-3/h10H,5-9,13H2,1-4H3. The summed E-state index contributed by atoms with van der Waals surface area (Å²) in [7, 11) is 0. The number of nitrogens with two attached hydrogens (primary N) is 1. The van der Waals surface area contributed by atoms with E-state index in [0.717, 1.165) is 32.6 Å². The van der Waals surface area contributed by atoms with Crippen LogP contribution in [0.2, 0.25) is 0 Å². The minimum absolute atomic E-state index is 0.0249. The summed E-state index contributed by atoms with van der Waals surface area (Å²) in [5, 5.41) is 0. The Hall–Kier alpha value is -0.610. The number of hydrogen-bond donors (Lipinski definition) is 1. The fraction of sp³-hybridized carbons (Fsp3) is 0.917. The van der Waals surface area contributed by atoms with Crippen molar-refractivity contribution < 1.29 is 4.79 Å². The van der Waals surface area contributed by atoms with E-state index in [4.69, 9.17) is 5.73 Å². The zero-order chi connectivity index (χ0) is 12.3. The molecule has 1 amide bonds. The maximum atomic E-state index is 12.1. The molecule has 1 fully saturated rings. The molecule has 1 atom stereocenters. The highest BCUT2D eigenvalue weighted by Crippen LogP contribution is 2.24. The van der Waals surface area contributed by atoms with Crippen molar-refractivity contribution in [3.05, 3.63) is 0 Å². The van der Waals surface area contributed by atoms with Gasteiger partial charge in [0, 0.05) is 31.7 Å². The van der Waals surface area contributed by atoms with Crippen LogP contribution >= 0.6 is 0 Å². The molecule has 1 aliphatic heterocycles. The van der Waals surface area contributed by atoms with Gasteiger partial charge in [-0.1, -0.05) is 6.92 Å². The number of hydrogen-bond acceptors (Lipinski definition) is 3. The van der Waals surface area contributed by atoms with E-state index in [-0.39, 0.29) is 17.5 Å². The predicted octanol–water partition coefficient (Wildman–Crippen LogP) is 0.666. The van der Waals surface area contributed by atoms with Crippen LogP contribution in [-0.2, 0) is 4.79 Å². The minimum Gasteiger partial charge on any atom is -0.342 e. The van der Waals surface area contributed by atoms with Crippen molar-refractivity contribution in [3.8, 4) is 0 Å². The Balaban J connectivity index is 2.48. The summed E-state index contributed by atoms with van der Waals surface area (Å²) in [6.07, 6.45) is 0.982. The predicted molar refractivity (Wildman–Crippen MR) is 66.2 cm³/mol. The SMILES string of the molecule is CCN(CC)C(=O)C(C)N1CC(N)(CC)C1. The van der Waals surface area contributed by atoms with E-state index in [1.54, 1.807) is 0 Å². The average Bonchev–Trinajstić information content (AvgIpc) is 2.25. The fourth-order valence-electron chi connectivity index (χ4n) is 2.22. The smallest absolute Gasteiger partial charge is 0.239 e. The second kappa shape index (κ2) is 5.15. The summed E-state index contributed by atoms with van der Waals surface area (Å²) in [6, 6.07) is -0.0249. The maximum absolute atomic E-state index is 12.1. The van der Waals surface area contributed by atoms with Crippen molar-refractivity contribution in [2.75, 3.05) is 26.2 Å². The molecule has 0 aromatic rings. The van der Waals surface area contributed by atoms with Gasteiger partial charge in [0.1, 0.15) is 0 Å². The van der Waals surface area contributed by atoms with E-state index in [9.17, 15) is 4.79 Å². The molecule has 4 heteroatoms. The number of carbonyl (C=O) groups excluding carboxylic acids is 1. The zero-order valence-corrected chi connectivity index (χ0v) is 11.0. The first-order chi connectivity index (χ1) is 7.47. The molecule has 1 rings (SSSR count). The molecule has 1 heterocycles. The average molecular weight is 227 g/mol. The topological polar surface area (TPSA) is 49.6 Å². The second-order valence-corrected chi connectivity index (χ2v) is 4.81. The molecule has 0 radical (unpaired) electrons.